The van der Waals surface area contributed by atoms with Crippen LogP contribution in [-0.4, -0.2) is 55.7 Å². The molecule has 0 bridgehead atoms. The van der Waals surface area contributed by atoms with E-state index >= 15 is 0 Å². The van der Waals surface area contributed by atoms with E-state index in [1.54, 1.807) is 17.2 Å². The lowest BCUT2D eigenvalue weighted by Crippen LogP contribution is -2.43. The van der Waals surface area contributed by atoms with Gasteiger partial charge < -0.3 is 14.5 Å². The maximum atomic E-state index is 5.96. The maximum absolute atomic E-state index is 5.96. The molecule has 29 heavy (non-hydrogen) atoms. The Bertz CT molecular complexity index is 1070. The van der Waals surface area contributed by atoms with Crippen LogP contribution in [0.3, 0.4) is 0 Å². The summed E-state index contributed by atoms with van der Waals surface area (Å²) in [7, 11) is 0. The third-order valence-electron chi connectivity index (χ3n) is 4.92. The van der Waals surface area contributed by atoms with Crippen LogP contribution in [0.15, 0.2) is 59.7 Å². The number of nitrogens with zero attached hydrogens (tertiary/aromatic N) is 6. The summed E-state index contributed by atoms with van der Waals surface area (Å²) in [4.78, 5) is 11.1. The minimum Gasteiger partial charge on any atom is -0.472 e. The van der Waals surface area contributed by atoms with Crippen LogP contribution < -0.4 is 5.32 Å². The van der Waals surface area contributed by atoms with E-state index in [0.29, 0.717) is 30.1 Å². The van der Waals surface area contributed by atoms with Crippen molar-refractivity contribution in [1.82, 2.24) is 29.9 Å². The molecule has 1 fully saturated rings. The van der Waals surface area contributed by atoms with E-state index in [4.69, 9.17) is 9.15 Å². The summed E-state index contributed by atoms with van der Waals surface area (Å²) >= 11 is 0. The zero-order chi connectivity index (χ0) is 19.5. The largest absolute Gasteiger partial charge is 0.472 e. The molecular weight excluding hydrogens is 370 g/mol. The van der Waals surface area contributed by atoms with Crippen molar-refractivity contribution in [2.45, 2.75) is 19.2 Å². The number of aromatic nitrogens is 5. The third-order valence-corrected chi connectivity index (χ3v) is 4.92. The van der Waals surface area contributed by atoms with Crippen LogP contribution >= 0.6 is 0 Å². The quantitative estimate of drug-likeness (QED) is 0.536. The molecule has 1 atom stereocenters. The van der Waals surface area contributed by atoms with Crippen molar-refractivity contribution in [3.8, 4) is 0 Å². The summed E-state index contributed by atoms with van der Waals surface area (Å²) in [5, 5.41) is 11.9. The molecule has 9 heteroatoms. The summed E-state index contributed by atoms with van der Waals surface area (Å²) in [5.74, 6) is 0.638. The molecular formula is C20H21N7O2. The van der Waals surface area contributed by atoms with E-state index < -0.39 is 0 Å². The van der Waals surface area contributed by atoms with Crippen LogP contribution in [0.1, 0.15) is 5.56 Å². The normalized spacial score (nSPS) is 17.6. The second-order valence-corrected chi connectivity index (χ2v) is 7.02. The molecule has 0 unspecified atom stereocenters. The molecule has 0 aliphatic carbocycles. The van der Waals surface area contributed by atoms with Gasteiger partial charge in [-0.05, 0) is 18.2 Å². The lowest BCUT2D eigenvalue weighted by Gasteiger charge is -2.32. The zero-order valence-electron chi connectivity index (χ0n) is 15.8. The van der Waals surface area contributed by atoms with Gasteiger partial charge in [0, 0.05) is 30.9 Å². The van der Waals surface area contributed by atoms with Gasteiger partial charge in [0.05, 0.1) is 31.8 Å². The number of hydrogen-bond donors (Lipinski definition) is 1. The molecule has 0 radical (unpaired) electrons. The Morgan fingerprint density at radius 2 is 2.07 bits per heavy atom. The van der Waals surface area contributed by atoms with Gasteiger partial charge in [-0.3, -0.25) is 4.90 Å². The van der Waals surface area contributed by atoms with Crippen LogP contribution in [0.4, 0.5) is 11.5 Å². The predicted molar refractivity (Wildman–Crippen MR) is 107 cm³/mol. The van der Waals surface area contributed by atoms with E-state index in [-0.39, 0.29) is 6.10 Å². The average Bonchev–Trinajstić information content (AvgIpc) is 3.40. The first-order valence-corrected chi connectivity index (χ1v) is 9.56. The van der Waals surface area contributed by atoms with Crippen molar-refractivity contribution in [3.05, 3.63) is 60.8 Å². The molecule has 9 nitrogen and oxygen atoms in total. The van der Waals surface area contributed by atoms with Gasteiger partial charge in [0.2, 0.25) is 0 Å². The number of para-hydroxylation sites is 1. The Kier molecular flexibility index (Phi) is 4.89. The van der Waals surface area contributed by atoms with Crippen LogP contribution in [0, 0.1) is 0 Å². The average molecular weight is 391 g/mol. The van der Waals surface area contributed by atoms with Gasteiger partial charge in [-0.15, -0.1) is 5.10 Å². The Hall–Kier alpha value is -3.30. The molecule has 1 N–H and O–H groups in total. The number of hydrogen-bond acceptors (Lipinski definition) is 8. The molecule has 148 valence electrons. The van der Waals surface area contributed by atoms with E-state index in [0.717, 1.165) is 25.3 Å². The molecule has 4 aromatic rings. The van der Waals surface area contributed by atoms with Crippen LogP contribution in [0.5, 0.6) is 0 Å². The standard InChI is InChI=1S/C20H21N7O2/c1-2-4-16(5-3-1)23-19-18-20(22-14-21-19)27(25-24-18)12-17-11-26(7-9-29-17)10-15-6-8-28-13-15/h1-6,8,13-14,17H,7,9-12H2,(H,21,22,23)/t17-/m0/s1. The first-order chi connectivity index (χ1) is 14.3. The summed E-state index contributed by atoms with van der Waals surface area (Å²) < 4.78 is 12.9. The molecule has 3 aromatic heterocycles. The minimum absolute atomic E-state index is 0.0149. The Morgan fingerprint density at radius 3 is 2.93 bits per heavy atom. The van der Waals surface area contributed by atoms with Crippen molar-refractivity contribution in [3.63, 3.8) is 0 Å². The van der Waals surface area contributed by atoms with Crippen molar-refractivity contribution < 1.29 is 9.15 Å². The number of morpholine rings is 1. The fraction of sp³-hybridized carbons (Fsp3) is 0.300. The fourth-order valence-corrected chi connectivity index (χ4v) is 3.53. The fourth-order valence-electron chi connectivity index (χ4n) is 3.53. The highest BCUT2D eigenvalue weighted by Crippen LogP contribution is 2.21. The molecule has 4 heterocycles. The van der Waals surface area contributed by atoms with E-state index in [1.807, 2.05) is 36.4 Å². The molecule has 1 aliphatic heterocycles. The number of nitrogens with one attached hydrogen (secondary N) is 1. The number of benzene rings is 1. The van der Waals surface area contributed by atoms with Gasteiger partial charge in [-0.2, -0.15) is 0 Å². The molecule has 0 saturated carbocycles. The number of anilines is 2. The number of fused-ring (bicyclic) bond motifs is 1. The van der Waals surface area contributed by atoms with Crippen molar-refractivity contribution in [1.29, 1.82) is 0 Å². The Morgan fingerprint density at radius 1 is 1.14 bits per heavy atom. The number of furan rings is 1. The highest BCUT2D eigenvalue weighted by molar-refractivity contribution is 5.84. The van der Waals surface area contributed by atoms with Crippen molar-refractivity contribution in [2.24, 2.45) is 0 Å². The van der Waals surface area contributed by atoms with E-state index in [1.165, 1.54) is 11.9 Å². The van der Waals surface area contributed by atoms with Gasteiger partial charge in [-0.25, -0.2) is 14.6 Å². The first-order valence-electron chi connectivity index (χ1n) is 9.56. The van der Waals surface area contributed by atoms with Gasteiger partial charge in [0.25, 0.3) is 0 Å². The minimum atomic E-state index is 0.0149. The third kappa shape index (κ3) is 3.96. The van der Waals surface area contributed by atoms with Crippen molar-refractivity contribution >= 4 is 22.7 Å². The SMILES string of the molecule is c1ccc(Nc2ncnc3c2nnn3C[C@@H]2CN(Cc3ccoc3)CCO2)cc1. The van der Waals surface area contributed by atoms with Crippen LogP contribution in [0.2, 0.25) is 0 Å². The summed E-state index contributed by atoms with van der Waals surface area (Å²) in [5.41, 5.74) is 3.44. The highest BCUT2D eigenvalue weighted by atomic mass is 16.5. The second kappa shape index (κ2) is 7.98. The van der Waals surface area contributed by atoms with Crippen LogP contribution in [0.25, 0.3) is 11.2 Å². The summed E-state index contributed by atoms with van der Waals surface area (Å²) in [6, 6.07) is 11.8. The molecule has 0 amide bonds. The molecule has 1 saturated heterocycles. The topological polar surface area (TPSA) is 94.1 Å². The lowest BCUT2D eigenvalue weighted by molar-refractivity contribution is -0.0400. The first kappa shape index (κ1) is 17.8. The molecule has 5 rings (SSSR count). The number of ether oxygens (including phenoxy) is 1. The summed E-state index contributed by atoms with van der Waals surface area (Å²) in [6.45, 7) is 3.83. The van der Waals surface area contributed by atoms with Gasteiger partial charge in [0.1, 0.15) is 6.33 Å². The monoisotopic (exact) mass is 391 g/mol. The van der Waals surface area contributed by atoms with Gasteiger partial charge in [0.15, 0.2) is 17.0 Å². The highest BCUT2D eigenvalue weighted by Gasteiger charge is 2.23. The maximum Gasteiger partial charge on any atom is 0.183 e. The molecule has 1 aromatic carbocycles. The molecule has 1 aliphatic rings. The van der Waals surface area contributed by atoms with Crippen molar-refractivity contribution in [2.75, 3.05) is 25.0 Å². The van der Waals surface area contributed by atoms with Gasteiger partial charge >= 0.3 is 0 Å². The molecule has 0 spiro atoms. The van der Waals surface area contributed by atoms with Gasteiger partial charge in [-0.1, -0.05) is 23.4 Å². The summed E-state index contributed by atoms with van der Waals surface area (Å²) in [6.07, 6.45) is 5.03. The predicted octanol–water partition coefficient (Wildman–Crippen LogP) is 2.46. The zero-order valence-corrected chi connectivity index (χ0v) is 15.8. The number of rotatable bonds is 6. The van der Waals surface area contributed by atoms with E-state index in [9.17, 15) is 0 Å². The second-order valence-electron chi connectivity index (χ2n) is 7.02. The smallest absolute Gasteiger partial charge is 0.183 e. The van der Waals surface area contributed by atoms with Crippen LogP contribution in [-0.2, 0) is 17.8 Å². The Balaban J connectivity index is 1.31. The lowest BCUT2D eigenvalue weighted by atomic mass is 10.2. The Labute approximate surface area is 167 Å². The van der Waals surface area contributed by atoms with E-state index in [2.05, 4.69) is 30.5 Å².